The number of hydrogen-bond acceptors (Lipinski definition) is 8. The topological polar surface area (TPSA) is 185 Å². The first kappa shape index (κ1) is 27.3. The van der Waals surface area contributed by atoms with Gasteiger partial charge in [-0.15, -0.1) is 0 Å². The van der Waals surface area contributed by atoms with E-state index in [9.17, 15) is 39.3 Å². The highest BCUT2D eigenvalue weighted by atomic mass is 16.6. The third kappa shape index (κ3) is 5.91. The van der Waals surface area contributed by atoms with Crippen molar-refractivity contribution in [2.75, 3.05) is 13.2 Å². The van der Waals surface area contributed by atoms with Gasteiger partial charge in [0.05, 0.1) is 19.6 Å². The lowest BCUT2D eigenvalue weighted by atomic mass is 9.60. The molecule has 0 aliphatic carbocycles. The lowest BCUT2D eigenvalue weighted by molar-refractivity contribution is -0.211. The van der Waals surface area contributed by atoms with Crippen LogP contribution in [0, 0.1) is 11.3 Å². The van der Waals surface area contributed by atoms with Crippen molar-refractivity contribution in [3.05, 3.63) is 0 Å². The van der Waals surface area contributed by atoms with Gasteiger partial charge in [0, 0.05) is 0 Å². The third-order valence-electron chi connectivity index (χ3n) is 4.89. The van der Waals surface area contributed by atoms with Crippen LogP contribution in [0.4, 0.5) is 0 Å². The third-order valence-corrected chi connectivity index (χ3v) is 4.89. The molecule has 0 saturated heterocycles. The Morgan fingerprint density at radius 2 is 1.23 bits per heavy atom. The molecule has 30 heavy (non-hydrogen) atoms. The molecule has 0 fully saturated rings. The van der Waals surface area contributed by atoms with E-state index >= 15 is 0 Å². The zero-order valence-electron chi connectivity index (χ0n) is 17.4. The largest absolute Gasteiger partial charge is 0.481 e. The van der Waals surface area contributed by atoms with Crippen LogP contribution in [-0.4, -0.2) is 69.1 Å². The molecule has 11 nitrogen and oxygen atoms in total. The van der Waals surface area contributed by atoms with E-state index in [1.165, 1.54) is 0 Å². The highest BCUT2D eigenvalue weighted by Gasteiger charge is 2.69. The van der Waals surface area contributed by atoms with Crippen molar-refractivity contribution < 1.29 is 53.9 Å². The predicted octanol–water partition coefficient (Wildman–Crippen LogP) is 1.06. The minimum atomic E-state index is -3.50. The van der Waals surface area contributed by atoms with Crippen LogP contribution >= 0.6 is 0 Å². The van der Waals surface area contributed by atoms with Crippen LogP contribution in [0.25, 0.3) is 0 Å². The molecule has 2 unspecified atom stereocenters. The normalized spacial score (nSPS) is 15.0. The molecule has 0 heterocycles. The highest BCUT2D eigenvalue weighted by Crippen LogP contribution is 2.46. The quantitative estimate of drug-likeness (QED) is 0.164. The summed E-state index contributed by atoms with van der Waals surface area (Å²) in [6.45, 7) is 4.33. The summed E-state index contributed by atoms with van der Waals surface area (Å²) in [4.78, 5) is 60.8. The van der Waals surface area contributed by atoms with Gasteiger partial charge in [0.15, 0.2) is 11.5 Å². The molecule has 0 aromatic carbocycles. The molecule has 0 spiro atoms. The van der Waals surface area contributed by atoms with E-state index in [4.69, 9.17) is 14.6 Å². The van der Waals surface area contributed by atoms with Gasteiger partial charge in [-0.3, -0.25) is 19.2 Å². The maximum atomic E-state index is 12.7. The molecule has 0 aromatic heterocycles. The number of aliphatic carboxylic acids is 3. The standard InChI is InChI=1S/C19H30O11/c1-4-7-9-29-14(22)13(15(23)30-10-8-5-2)18(6-3,16(24)25)19(28,17(26)27)11-12(20)21/h13,28H,4-11H2,1-3H3,(H,20,21)(H,24,25)(H,26,27). The Hall–Kier alpha value is -2.69. The van der Waals surface area contributed by atoms with E-state index in [0.29, 0.717) is 25.7 Å². The fourth-order valence-electron chi connectivity index (χ4n) is 3.13. The molecule has 0 aliphatic heterocycles. The monoisotopic (exact) mass is 434 g/mol. The van der Waals surface area contributed by atoms with Crippen LogP contribution in [-0.2, 0) is 33.4 Å². The molecular weight excluding hydrogens is 404 g/mol. The molecule has 0 rings (SSSR count). The van der Waals surface area contributed by atoms with E-state index in [1.807, 2.05) is 0 Å². The molecule has 0 aromatic rings. The van der Waals surface area contributed by atoms with Gasteiger partial charge in [0.25, 0.3) is 0 Å². The van der Waals surface area contributed by atoms with Gasteiger partial charge in [-0.2, -0.15) is 0 Å². The fraction of sp³-hybridized carbons (Fsp3) is 0.737. The molecule has 0 aliphatic rings. The summed E-state index contributed by atoms with van der Waals surface area (Å²) >= 11 is 0. The maximum Gasteiger partial charge on any atom is 0.337 e. The summed E-state index contributed by atoms with van der Waals surface area (Å²) in [7, 11) is 0. The second-order valence-corrected chi connectivity index (χ2v) is 6.84. The maximum absolute atomic E-state index is 12.7. The lowest BCUT2D eigenvalue weighted by Crippen LogP contribution is -2.65. The number of carbonyl (C=O) groups is 5. The number of ether oxygens (including phenoxy) is 2. The van der Waals surface area contributed by atoms with Gasteiger partial charge < -0.3 is 29.9 Å². The number of carbonyl (C=O) groups excluding carboxylic acids is 2. The van der Waals surface area contributed by atoms with Crippen molar-refractivity contribution in [3.8, 4) is 0 Å². The van der Waals surface area contributed by atoms with Crippen LogP contribution in [0.1, 0.15) is 59.3 Å². The second-order valence-electron chi connectivity index (χ2n) is 6.84. The zero-order chi connectivity index (χ0) is 23.5. The fourth-order valence-corrected chi connectivity index (χ4v) is 3.13. The number of rotatable bonds is 15. The van der Waals surface area contributed by atoms with Crippen molar-refractivity contribution in [1.29, 1.82) is 0 Å². The van der Waals surface area contributed by atoms with E-state index in [0.717, 1.165) is 6.92 Å². The number of carboxylic acids is 3. The summed E-state index contributed by atoms with van der Waals surface area (Å²) in [6, 6.07) is 0. The van der Waals surface area contributed by atoms with Gasteiger partial charge in [0.1, 0.15) is 5.41 Å². The van der Waals surface area contributed by atoms with Crippen LogP contribution in [0.5, 0.6) is 0 Å². The second kappa shape index (κ2) is 12.1. The van der Waals surface area contributed by atoms with Crippen LogP contribution < -0.4 is 0 Å². The van der Waals surface area contributed by atoms with Gasteiger partial charge >= 0.3 is 29.8 Å². The average molecular weight is 434 g/mol. The van der Waals surface area contributed by atoms with Gasteiger partial charge in [-0.1, -0.05) is 33.6 Å². The summed E-state index contributed by atoms with van der Waals surface area (Å²) in [5, 5.41) is 39.3. The molecule has 0 bridgehead atoms. The van der Waals surface area contributed by atoms with Gasteiger partial charge in [0.2, 0.25) is 0 Å². The highest BCUT2D eigenvalue weighted by molar-refractivity contribution is 6.04. The summed E-state index contributed by atoms with van der Waals surface area (Å²) < 4.78 is 9.91. The lowest BCUT2D eigenvalue weighted by Gasteiger charge is -2.42. The number of unbranched alkanes of at least 4 members (excludes halogenated alkanes) is 2. The summed E-state index contributed by atoms with van der Waals surface area (Å²) in [6.07, 6.45) is -0.357. The average Bonchev–Trinajstić information content (AvgIpc) is 2.64. The Bertz CT molecular complexity index is 622. The van der Waals surface area contributed by atoms with Crippen LogP contribution in [0.15, 0.2) is 0 Å². The van der Waals surface area contributed by atoms with E-state index < -0.39 is 59.6 Å². The van der Waals surface area contributed by atoms with Crippen molar-refractivity contribution in [1.82, 2.24) is 0 Å². The Morgan fingerprint density at radius 1 is 0.800 bits per heavy atom. The summed E-state index contributed by atoms with van der Waals surface area (Å²) in [5.74, 6) is -11.3. The minimum Gasteiger partial charge on any atom is -0.481 e. The number of hydrogen-bond donors (Lipinski definition) is 4. The van der Waals surface area contributed by atoms with E-state index in [1.54, 1.807) is 13.8 Å². The number of esters is 2. The first-order chi connectivity index (χ1) is 14.0. The Kier molecular flexibility index (Phi) is 11.0. The molecule has 172 valence electrons. The summed E-state index contributed by atoms with van der Waals surface area (Å²) in [5.41, 5.74) is -6.55. The zero-order valence-corrected chi connectivity index (χ0v) is 17.4. The van der Waals surface area contributed by atoms with E-state index in [-0.39, 0.29) is 13.2 Å². The smallest absolute Gasteiger partial charge is 0.337 e. The van der Waals surface area contributed by atoms with Gasteiger partial charge in [-0.25, -0.2) is 4.79 Å². The van der Waals surface area contributed by atoms with E-state index in [2.05, 4.69) is 0 Å². The van der Waals surface area contributed by atoms with Crippen LogP contribution in [0.2, 0.25) is 0 Å². The number of aliphatic hydroxyl groups is 1. The molecule has 0 amide bonds. The van der Waals surface area contributed by atoms with Crippen molar-refractivity contribution in [2.45, 2.75) is 64.9 Å². The van der Waals surface area contributed by atoms with Crippen molar-refractivity contribution in [2.24, 2.45) is 11.3 Å². The molecular formula is C19H30O11. The first-order valence-electron chi connectivity index (χ1n) is 9.70. The molecule has 0 saturated carbocycles. The van der Waals surface area contributed by atoms with Crippen LogP contribution in [0.3, 0.4) is 0 Å². The Morgan fingerprint density at radius 3 is 1.50 bits per heavy atom. The van der Waals surface area contributed by atoms with Crippen molar-refractivity contribution in [3.63, 3.8) is 0 Å². The molecule has 11 heteroatoms. The first-order valence-corrected chi connectivity index (χ1v) is 9.70. The molecule has 4 N–H and O–H groups in total. The SMILES string of the molecule is CCCCOC(=O)C(C(=O)OCCCC)C(CC)(C(=O)O)C(O)(CC(=O)O)C(=O)O. The van der Waals surface area contributed by atoms with Crippen molar-refractivity contribution >= 4 is 29.8 Å². The molecule has 0 radical (unpaired) electrons. The Labute approximate surface area is 174 Å². The Balaban J connectivity index is 6.62. The number of carboxylic acid groups (broad SMARTS) is 3. The van der Waals surface area contributed by atoms with Gasteiger partial charge in [-0.05, 0) is 19.3 Å². The molecule has 2 atom stereocenters. The minimum absolute atomic E-state index is 0.183. The predicted molar refractivity (Wildman–Crippen MR) is 100 cm³/mol.